The largest absolute Gasteiger partial charge is 0.343 e. The number of benzene rings is 1. The average Bonchev–Trinajstić information content (AvgIpc) is 2.68. The molecule has 0 atom stereocenters. The van der Waals surface area contributed by atoms with Gasteiger partial charge >= 0.3 is 0 Å². The van der Waals surface area contributed by atoms with Crippen LogP contribution >= 0.6 is 0 Å². The molecule has 1 heterocycles. The first-order chi connectivity index (χ1) is 12.3. The zero-order chi connectivity index (χ0) is 17.5. The van der Waals surface area contributed by atoms with E-state index in [0.29, 0.717) is 17.7 Å². The molecular formula is C22H34N2O. The Kier molecular flexibility index (Phi) is 6.92. The maximum absolute atomic E-state index is 12.6. The maximum Gasteiger partial charge on any atom is 0.222 e. The van der Waals surface area contributed by atoms with Gasteiger partial charge < -0.3 is 10.2 Å². The first-order valence-electron chi connectivity index (χ1n) is 10.3. The van der Waals surface area contributed by atoms with Crippen LogP contribution in [0.25, 0.3) is 0 Å². The van der Waals surface area contributed by atoms with Crippen LogP contribution in [0, 0.1) is 11.8 Å². The van der Waals surface area contributed by atoms with Gasteiger partial charge in [-0.25, -0.2) is 0 Å². The number of carbonyl (C=O) groups excluding carboxylic acids is 1. The lowest BCUT2D eigenvalue weighted by Crippen LogP contribution is -2.41. The van der Waals surface area contributed by atoms with Crippen molar-refractivity contribution >= 4 is 5.91 Å². The van der Waals surface area contributed by atoms with Gasteiger partial charge in [-0.05, 0) is 74.9 Å². The lowest BCUT2D eigenvalue weighted by molar-refractivity contribution is -0.133. The van der Waals surface area contributed by atoms with Gasteiger partial charge in [0, 0.05) is 19.5 Å². The molecule has 138 valence electrons. The van der Waals surface area contributed by atoms with E-state index in [1.165, 1.54) is 44.1 Å². The molecule has 1 aromatic carbocycles. The van der Waals surface area contributed by atoms with Gasteiger partial charge in [-0.15, -0.1) is 0 Å². The predicted molar refractivity (Wildman–Crippen MR) is 104 cm³/mol. The number of amides is 1. The Hall–Kier alpha value is -1.35. The molecule has 1 saturated carbocycles. The van der Waals surface area contributed by atoms with Gasteiger partial charge in [0.1, 0.15) is 0 Å². The van der Waals surface area contributed by atoms with Crippen molar-refractivity contribution < 1.29 is 4.79 Å². The second-order valence-corrected chi connectivity index (χ2v) is 7.96. The fraction of sp³-hybridized carbons (Fsp3) is 0.682. The summed E-state index contributed by atoms with van der Waals surface area (Å²) in [6, 6.07) is 10.9. The molecule has 3 heteroatoms. The number of nitrogens with one attached hydrogen (secondary N) is 1. The molecule has 0 bridgehead atoms. The molecule has 3 rings (SSSR count). The van der Waals surface area contributed by atoms with E-state index in [0.717, 1.165) is 38.5 Å². The Balaban J connectivity index is 1.38. The van der Waals surface area contributed by atoms with E-state index in [1.807, 2.05) is 0 Å². The molecule has 1 N–H and O–H groups in total. The Bertz CT molecular complexity index is 514. The van der Waals surface area contributed by atoms with E-state index in [1.54, 1.807) is 0 Å². The summed E-state index contributed by atoms with van der Waals surface area (Å²) in [6.45, 7) is 6.25. The third kappa shape index (κ3) is 5.31. The van der Waals surface area contributed by atoms with Gasteiger partial charge in [0.25, 0.3) is 0 Å². The van der Waals surface area contributed by atoms with E-state index in [4.69, 9.17) is 0 Å². The van der Waals surface area contributed by atoms with E-state index in [2.05, 4.69) is 47.5 Å². The fourth-order valence-corrected chi connectivity index (χ4v) is 4.54. The highest BCUT2D eigenvalue weighted by Gasteiger charge is 2.27. The normalized spacial score (nSPS) is 25.1. The van der Waals surface area contributed by atoms with E-state index >= 15 is 0 Å². The molecule has 2 fully saturated rings. The molecular weight excluding hydrogens is 308 g/mol. The summed E-state index contributed by atoms with van der Waals surface area (Å²) in [7, 11) is 0. The summed E-state index contributed by atoms with van der Waals surface area (Å²) in [6.07, 6.45) is 8.02. The second kappa shape index (κ2) is 9.38. The van der Waals surface area contributed by atoms with Gasteiger partial charge in [-0.1, -0.05) is 37.3 Å². The number of likely N-dealkylation sites (tertiary alicyclic amines) is 1. The lowest BCUT2D eigenvalue weighted by Gasteiger charge is -2.34. The van der Waals surface area contributed by atoms with Gasteiger partial charge in [-0.3, -0.25) is 4.79 Å². The molecule has 25 heavy (non-hydrogen) atoms. The molecule has 0 unspecified atom stereocenters. The minimum absolute atomic E-state index is 0.407. The third-order valence-corrected chi connectivity index (χ3v) is 6.23. The minimum Gasteiger partial charge on any atom is -0.343 e. The Morgan fingerprint density at radius 3 is 2.32 bits per heavy atom. The molecule has 2 aliphatic rings. The summed E-state index contributed by atoms with van der Waals surface area (Å²) in [5.41, 5.74) is 1.48. The second-order valence-electron chi connectivity index (χ2n) is 7.96. The predicted octanol–water partition coefficient (Wildman–Crippen LogP) is 4.20. The van der Waals surface area contributed by atoms with Crippen LogP contribution in [0.15, 0.2) is 30.3 Å². The maximum atomic E-state index is 12.6. The molecule has 1 saturated heterocycles. The molecule has 0 radical (unpaired) electrons. The topological polar surface area (TPSA) is 32.3 Å². The number of hydrogen-bond donors (Lipinski definition) is 1. The zero-order valence-electron chi connectivity index (χ0n) is 15.8. The van der Waals surface area contributed by atoms with Crippen LogP contribution in [0.1, 0.15) is 63.4 Å². The zero-order valence-corrected chi connectivity index (χ0v) is 15.8. The summed E-state index contributed by atoms with van der Waals surface area (Å²) in [5, 5.41) is 3.44. The first kappa shape index (κ1) is 18.4. The Labute approximate surface area is 153 Å². The van der Waals surface area contributed by atoms with Crippen LogP contribution in [-0.2, 0) is 4.79 Å². The average molecular weight is 343 g/mol. The summed E-state index contributed by atoms with van der Waals surface area (Å²) in [5.74, 6) is 2.47. The highest BCUT2D eigenvalue weighted by molar-refractivity contribution is 5.76. The van der Waals surface area contributed by atoms with Crippen molar-refractivity contribution in [3.63, 3.8) is 0 Å². The highest BCUT2D eigenvalue weighted by Crippen LogP contribution is 2.37. The van der Waals surface area contributed by atoms with Crippen molar-refractivity contribution in [1.29, 1.82) is 0 Å². The van der Waals surface area contributed by atoms with Crippen molar-refractivity contribution in [3.8, 4) is 0 Å². The van der Waals surface area contributed by atoms with Gasteiger partial charge in [0.2, 0.25) is 5.91 Å². The van der Waals surface area contributed by atoms with Crippen LogP contribution in [0.4, 0.5) is 0 Å². The number of hydrogen-bond acceptors (Lipinski definition) is 2. The number of carbonyl (C=O) groups is 1. The molecule has 3 nitrogen and oxygen atoms in total. The van der Waals surface area contributed by atoms with E-state index < -0.39 is 0 Å². The SMILES string of the molecule is CCNCC1CCN(C(=O)CC2CCC(c3ccccc3)CC2)CC1. The van der Waals surface area contributed by atoms with Gasteiger partial charge in [-0.2, -0.15) is 0 Å². The lowest BCUT2D eigenvalue weighted by atomic mass is 9.77. The highest BCUT2D eigenvalue weighted by atomic mass is 16.2. The molecule has 1 amide bonds. The Morgan fingerprint density at radius 1 is 1.00 bits per heavy atom. The van der Waals surface area contributed by atoms with E-state index in [-0.39, 0.29) is 0 Å². The van der Waals surface area contributed by atoms with Crippen molar-refractivity contribution in [1.82, 2.24) is 10.2 Å². The third-order valence-electron chi connectivity index (χ3n) is 6.23. The van der Waals surface area contributed by atoms with Gasteiger partial charge in [0.15, 0.2) is 0 Å². The smallest absolute Gasteiger partial charge is 0.222 e. The Morgan fingerprint density at radius 2 is 1.68 bits per heavy atom. The van der Waals surface area contributed by atoms with Crippen LogP contribution in [0.2, 0.25) is 0 Å². The van der Waals surface area contributed by atoms with Crippen molar-refractivity contribution in [2.75, 3.05) is 26.2 Å². The van der Waals surface area contributed by atoms with Crippen LogP contribution in [0.3, 0.4) is 0 Å². The number of piperidine rings is 1. The quantitative estimate of drug-likeness (QED) is 0.840. The van der Waals surface area contributed by atoms with Crippen LogP contribution in [-0.4, -0.2) is 37.0 Å². The number of nitrogens with zero attached hydrogens (tertiary/aromatic N) is 1. The molecule has 0 spiro atoms. The van der Waals surface area contributed by atoms with Crippen LogP contribution in [0.5, 0.6) is 0 Å². The standard InChI is InChI=1S/C22H34N2O/c1-2-23-17-19-12-14-24(15-13-19)22(25)16-18-8-10-21(11-9-18)20-6-4-3-5-7-20/h3-7,18-19,21,23H,2,8-17H2,1H3. The summed E-state index contributed by atoms with van der Waals surface area (Å²) >= 11 is 0. The van der Waals surface area contributed by atoms with Crippen LogP contribution < -0.4 is 5.32 Å². The monoisotopic (exact) mass is 342 g/mol. The van der Waals surface area contributed by atoms with Crippen molar-refractivity contribution in [2.45, 2.75) is 57.8 Å². The molecule has 1 aliphatic heterocycles. The van der Waals surface area contributed by atoms with Crippen molar-refractivity contribution in [3.05, 3.63) is 35.9 Å². The fourth-order valence-electron chi connectivity index (χ4n) is 4.54. The molecule has 1 aliphatic carbocycles. The van der Waals surface area contributed by atoms with E-state index in [9.17, 15) is 4.79 Å². The summed E-state index contributed by atoms with van der Waals surface area (Å²) in [4.78, 5) is 14.8. The minimum atomic E-state index is 0.407. The first-order valence-corrected chi connectivity index (χ1v) is 10.3. The van der Waals surface area contributed by atoms with Crippen molar-refractivity contribution in [2.24, 2.45) is 11.8 Å². The molecule has 1 aromatic rings. The number of rotatable bonds is 6. The molecule has 0 aromatic heterocycles. The summed E-state index contributed by atoms with van der Waals surface area (Å²) < 4.78 is 0. The van der Waals surface area contributed by atoms with Gasteiger partial charge in [0.05, 0.1) is 0 Å².